The smallest absolute Gasteiger partial charge is 0.261 e. The van der Waals surface area contributed by atoms with Crippen LogP contribution in [0.3, 0.4) is 0 Å². The molecule has 0 bridgehead atoms. The average Bonchev–Trinajstić information content (AvgIpc) is 2.55. The molecule has 17 heavy (non-hydrogen) atoms. The lowest BCUT2D eigenvalue weighted by atomic mass is 10.1. The standard InChI is InChI=1S/C11H15Br2NO2S/c1-6(2)3-7(15)5-14-11(16)9-4-8(12)10(13)17-9/h4,6-7,15H,3,5H2,1-2H3,(H,14,16). The number of aliphatic hydroxyl groups is 1. The molecule has 0 radical (unpaired) electrons. The molecular weight excluding hydrogens is 370 g/mol. The molecule has 2 N–H and O–H groups in total. The first-order chi connectivity index (χ1) is 7.90. The Morgan fingerprint density at radius 3 is 2.65 bits per heavy atom. The van der Waals surface area contributed by atoms with Crippen molar-refractivity contribution in [1.29, 1.82) is 0 Å². The highest BCUT2D eigenvalue weighted by Gasteiger charge is 2.13. The van der Waals surface area contributed by atoms with Gasteiger partial charge in [-0.3, -0.25) is 4.79 Å². The average molecular weight is 385 g/mol. The molecule has 0 saturated carbocycles. The van der Waals surface area contributed by atoms with Gasteiger partial charge < -0.3 is 10.4 Å². The number of nitrogens with one attached hydrogen (secondary N) is 1. The molecule has 1 atom stereocenters. The number of carbonyl (C=O) groups is 1. The Kier molecular flexibility index (Phi) is 6.12. The zero-order valence-corrected chi connectivity index (χ0v) is 13.7. The molecule has 96 valence electrons. The molecule has 1 heterocycles. The zero-order valence-electron chi connectivity index (χ0n) is 9.67. The summed E-state index contributed by atoms with van der Waals surface area (Å²) in [4.78, 5) is 12.4. The minimum atomic E-state index is -0.481. The quantitative estimate of drug-likeness (QED) is 0.817. The number of amides is 1. The number of halogens is 2. The van der Waals surface area contributed by atoms with Crippen LogP contribution in [0.2, 0.25) is 0 Å². The SMILES string of the molecule is CC(C)CC(O)CNC(=O)c1cc(Br)c(Br)s1. The summed E-state index contributed by atoms with van der Waals surface area (Å²) < 4.78 is 1.76. The van der Waals surface area contributed by atoms with E-state index in [2.05, 4.69) is 37.2 Å². The lowest BCUT2D eigenvalue weighted by Crippen LogP contribution is -2.32. The topological polar surface area (TPSA) is 49.3 Å². The second-order valence-electron chi connectivity index (χ2n) is 4.23. The van der Waals surface area contributed by atoms with Crippen LogP contribution in [0.5, 0.6) is 0 Å². The normalized spacial score (nSPS) is 12.8. The van der Waals surface area contributed by atoms with Crippen LogP contribution >= 0.6 is 43.2 Å². The number of hydrogen-bond donors (Lipinski definition) is 2. The van der Waals surface area contributed by atoms with Crippen LogP contribution in [0.4, 0.5) is 0 Å². The molecule has 1 rings (SSSR count). The van der Waals surface area contributed by atoms with E-state index in [1.165, 1.54) is 11.3 Å². The van der Waals surface area contributed by atoms with Crippen molar-refractivity contribution < 1.29 is 9.90 Å². The third kappa shape index (κ3) is 5.07. The minimum Gasteiger partial charge on any atom is -0.391 e. The fourth-order valence-corrected chi connectivity index (χ4v) is 3.34. The molecule has 0 aliphatic rings. The van der Waals surface area contributed by atoms with Crippen LogP contribution in [0.1, 0.15) is 29.9 Å². The predicted molar refractivity (Wildman–Crippen MR) is 77.5 cm³/mol. The van der Waals surface area contributed by atoms with E-state index < -0.39 is 6.10 Å². The van der Waals surface area contributed by atoms with Gasteiger partial charge in [-0.2, -0.15) is 0 Å². The fraction of sp³-hybridized carbons (Fsp3) is 0.545. The largest absolute Gasteiger partial charge is 0.391 e. The van der Waals surface area contributed by atoms with Crippen LogP contribution in [0, 0.1) is 5.92 Å². The Balaban J connectivity index is 2.45. The van der Waals surface area contributed by atoms with Crippen LogP contribution in [-0.2, 0) is 0 Å². The third-order valence-corrected chi connectivity index (χ3v) is 5.37. The van der Waals surface area contributed by atoms with Crippen LogP contribution in [-0.4, -0.2) is 23.7 Å². The maximum Gasteiger partial charge on any atom is 0.261 e. The van der Waals surface area contributed by atoms with Gasteiger partial charge in [0.05, 0.1) is 14.8 Å². The predicted octanol–water partition coefficient (Wildman–Crippen LogP) is 3.41. The van der Waals surface area contributed by atoms with Gasteiger partial charge in [-0.25, -0.2) is 0 Å². The van der Waals surface area contributed by atoms with E-state index in [4.69, 9.17) is 0 Å². The molecule has 1 amide bonds. The Hall–Kier alpha value is 0.0900. The Labute approximate surface area is 122 Å². The summed E-state index contributed by atoms with van der Waals surface area (Å²) in [6.45, 7) is 4.38. The summed E-state index contributed by atoms with van der Waals surface area (Å²) in [5.74, 6) is 0.274. The van der Waals surface area contributed by atoms with E-state index in [-0.39, 0.29) is 5.91 Å². The van der Waals surface area contributed by atoms with Crippen molar-refractivity contribution in [3.8, 4) is 0 Å². The van der Waals surface area contributed by atoms with E-state index in [1.807, 2.05) is 13.8 Å². The number of aliphatic hydroxyl groups excluding tert-OH is 1. The van der Waals surface area contributed by atoms with E-state index in [0.717, 1.165) is 8.26 Å². The second-order valence-corrected chi connectivity index (χ2v) is 7.45. The van der Waals surface area contributed by atoms with Gasteiger partial charge in [0, 0.05) is 11.0 Å². The molecule has 0 aliphatic carbocycles. The summed E-state index contributed by atoms with van der Waals surface area (Å²) in [6, 6.07) is 1.76. The van der Waals surface area contributed by atoms with Crippen molar-refractivity contribution >= 4 is 49.1 Å². The summed E-state index contributed by atoms with van der Waals surface area (Å²) in [5.41, 5.74) is 0. The summed E-state index contributed by atoms with van der Waals surface area (Å²) in [5, 5.41) is 12.4. The first-order valence-corrected chi connectivity index (χ1v) is 7.71. The van der Waals surface area contributed by atoms with Crippen molar-refractivity contribution in [1.82, 2.24) is 5.32 Å². The number of rotatable bonds is 5. The second kappa shape index (κ2) is 6.87. The highest BCUT2D eigenvalue weighted by atomic mass is 79.9. The molecule has 0 aliphatic heterocycles. The fourth-order valence-electron chi connectivity index (χ4n) is 1.38. The monoisotopic (exact) mass is 383 g/mol. The van der Waals surface area contributed by atoms with Crippen molar-refractivity contribution in [3.63, 3.8) is 0 Å². The Morgan fingerprint density at radius 1 is 1.53 bits per heavy atom. The molecule has 3 nitrogen and oxygen atoms in total. The molecule has 1 aromatic rings. The van der Waals surface area contributed by atoms with Crippen LogP contribution < -0.4 is 5.32 Å². The number of thiophene rings is 1. The van der Waals surface area contributed by atoms with Crippen LogP contribution in [0.25, 0.3) is 0 Å². The lowest BCUT2D eigenvalue weighted by molar-refractivity contribution is 0.0904. The Bertz CT molecular complexity index is 373. The molecule has 0 spiro atoms. The van der Waals surface area contributed by atoms with Gasteiger partial charge in [-0.15, -0.1) is 11.3 Å². The first kappa shape index (κ1) is 15.1. The number of hydrogen-bond acceptors (Lipinski definition) is 3. The zero-order chi connectivity index (χ0) is 13.0. The molecule has 1 aromatic heterocycles. The summed E-state index contributed by atoms with van der Waals surface area (Å²) >= 11 is 8.03. The summed E-state index contributed by atoms with van der Waals surface area (Å²) in [6.07, 6.45) is 0.212. The van der Waals surface area contributed by atoms with Crippen molar-refractivity contribution in [2.45, 2.75) is 26.4 Å². The van der Waals surface area contributed by atoms with Crippen LogP contribution in [0.15, 0.2) is 14.3 Å². The molecular formula is C11H15Br2NO2S. The molecule has 1 unspecified atom stereocenters. The van der Waals surface area contributed by atoms with Crippen molar-refractivity contribution in [2.75, 3.05) is 6.54 Å². The van der Waals surface area contributed by atoms with Crippen molar-refractivity contribution in [3.05, 3.63) is 19.2 Å². The van der Waals surface area contributed by atoms with E-state index in [1.54, 1.807) is 6.07 Å². The molecule has 6 heteroatoms. The number of carbonyl (C=O) groups excluding carboxylic acids is 1. The maximum absolute atomic E-state index is 11.7. The highest BCUT2D eigenvalue weighted by Crippen LogP contribution is 2.32. The van der Waals surface area contributed by atoms with E-state index >= 15 is 0 Å². The van der Waals surface area contributed by atoms with Gasteiger partial charge in [0.15, 0.2) is 0 Å². The van der Waals surface area contributed by atoms with Gasteiger partial charge >= 0.3 is 0 Å². The third-order valence-electron chi connectivity index (χ3n) is 2.11. The van der Waals surface area contributed by atoms with Gasteiger partial charge in [-0.1, -0.05) is 13.8 Å². The summed E-state index contributed by atoms with van der Waals surface area (Å²) in [7, 11) is 0. The van der Waals surface area contributed by atoms with Gasteiger partial charge in [0.25, 0.3) is 5.91 Å². The highest BCUT2D eigenvalue weighted by molar-refractivity contribution is 9.13. The molecule has 0 aromatic carbocycles. The van der Waals surface area contributed by atoms with E-state index in [0.29, 0.717) is 23.8 Å². The maximum atomic E-state index is 11.7. The van der Waals surface area contributed by atoms with E-state index in [9.17, 15) is 9.90 Å². The molecule has 0 fully saturated rings. The lowest BCUT2D eigenvalue weighted by Gasteiger charge is -2.13. The molecule has 0 saturated heterocycles. The van der Waals surface area contributed by atoms with Gasteiger partial charge in [0.2, 0.25) is 0 Å². The van der Waals surface area contributed by atoms with Gasteiger partial charge in [-0.05, 0) is 50.3 Å². The Morgan fingerprint density at radius 2 is 2.18 bits per heavy atom. The van der Waals surface area contributed by atoms with Crippen molar-refractivity contribution in [2.24, 2.45) is 5.92 Å². The minimum absolute atomic E-state index is 0.149. The first-order valence-electron chi connectivity index (χ1n) is 5.31. The van der Waals surface area contributed by atoms with Gasteiger partial charge in [0.1, 0.15) is 0 Å².